The maximum atomic E-state index is 11.3. The van der Waals surface area contributed by atoms with E-state index < -0.39 is 0 Å². The number of allylic oxidation sites excluding steroid dienone is 2. The molecule has 1 atom stereocenters. The van der Waals surface area contributed by atoms with Crippen molar-refractivity contribution in [1.82, 2.24) is 0 Å². The summed E-state index contributed by atoms with van der Waals surface area (Å²) >= 11 is 0. The van der Waals surface area contributed by atoms with Gasteiger partial charge in [0.05, 0.1) is 6.07 Å². The van der Waals surface area contributed by atoms with E-state index in [9.17, 15) is 4.79 Å². The van der Waals surface area contributed by atoms with E-state index in [4.69, 9.17) is 5.26 Å². The van der Waals surface area contributed by atoms with Gasteiger partial charge in [0.15, 0.2) is 0 Å². The van der Waals surface area contributed by atoms with Gasteiger partial charge in [-0.25, -0.2) is 0 Å². The Hall–Kier alpha value is -1.10. The third kappa shape index (κ3) is 4.29. The van der Waals surface area contributed by atoms with Crippen molar-refractivity contribution >= 4 is 5.78 Å². The highest BCUT2D eigenvalue weighted by atomic mass is 16.1. The molecule has 0 aliphatic heterocycles. The molecule has 0 heterocycles. The van der Waals surface area contributed by atoms with E-state index in [0.29, 0.717) is 24.5 Å². The number of Topliss-reactive ketones (excluding diaryl/α,β-unsaturated/α-hetero) is 1. The fourth-order valence-corrected chi connectivity index (χ4v) is 1.99. The number of hydrogen-bond acceptors (Lipinski definition) is 2. The van der Waals surface area contributed by atoms with Crippen molar-refractivity contribution in [2.75, 3.05) is 0 Å². The highest BCUT2D eigenvalue weighted by molar-refractivity contribution is 5.79. The number of rotatable bonds is 3. The summed E-state index contributed by atoms with van der Waals surface area (Å²) in [7, 11) is 0. The molecule has 0 spiro atoms. The minimum absolute atomic E-state index is 0.405. The highest BCUT2D eigenvalue weighted by Gasteiger charge is 2.16. The summed E-state index contributed by atoms with van der Waals surface area (Å²) in [5.41, 5.74) is 1.43. The Balaban J connectivity index is 2.44. The Morgan fingerprint density at radius 3 is 3.00 bits per heavy atom. The maximum absolute atomic E-state index is 11.3. The van der Waals surface area contributed by atoms with Crippen LogP contribution in [0.15, 0.2) is 11.6 Å². The Morgan fingerprint density at radius 2 is 2.27 bits per heavy atom. The molecule has 1 aliphatic carbocycles. The van der Waals surface area contributed by atoms with Gasteiger partial charge in [0.25, 0.3) is 0 Å². The average molecular weight is 205 g/mol. The summed E-state index contributed by atoms with van der Waals surface area (Å²) in [5, 5.41) is 8.42. The van der Waals surface area contributed by atoms with Crippen molar-refractivity contribution in [2.45, 2.75) is 51.9 Å². The normalized spacial score (nSPS) is 24.9. The molecule has 1 unspecified atom stereocenters. The third-order valence-corrected chi connectivity index (χ3v) is 3.08. The van der Waals surface area contributed by atoms with Crippen LogP contribution in [0, 0.1) is 17.2 Å². The Morgan fingerprint density at radius 1 is 1.47 bits per heavy atom. The number of carbonyl (C=O) groups is 1. The molecular weight excluding hydrogens is 186 g/mol. The Bertz CT molecular complexity index is 285. The van der Waals surface area contributed by atoms with Crippen molar-refractivity contribution in [1.29, 1.82) is 5.26 Å². The lowest BCUT2D eigenvalue weighted by Crippen LogP contribution is -1.96. The summed E-state index contributed by atoms with van der Waals surface area (Å²) in [6, 6.07) is 2.15. The van der Waals surface area contributed by atoms with Gasteiger partial charge in [-0.05, 0) is 31.6 Å². The molecule has 1 rings (SSSR count). The molecule has 1 fully saturated rings. The zero-order valence-corrected chi connectivity index (χ0v) is 9.46. The third-order valence-electron chi connectivity index (χ3n) is 3.08. The second kappa shape index (κ2) is 6.40. The van der Waals surface area contributed by atoms with Crippen LogP contribution >= 0.6 is 0 Å². The van der Waals surface area contributed by atoms with E-state index in [0.717, 1.165) is 32.1 Å². The fourth-order valence-electron chi connectivity index (χ4n) is 1.99. The van der Waals surface area contributed by atoms with Crippen LogP contribution in [0.4, 0.5) is 0 Å². The summed E-state index contributed by atoms with van der Waals surface area (Å²) in [4.78, 5) is 11.3. The highest BCUT2D eigenvalue weighted by Crippen LogP contribution is 2.26. The number of carbonyl (C=O) groups excluding carboxylic acids is 1. The average Bonchev–Trinajstić information content (AvgIpc) is 2.38. The van der Waals surface area contributed by atoms with Gasteiger partial charge < -0.3 is 0 Å². The molecule has 15 heavy (non-hydrogen) atoms. The largest absolute Gasteiger partial charge is 0.300 e. The lowest BCUT2D eigenvalue weighted by molar-refractivity contribution is -0.118. The van der Waals surface area contributed by atoms with Gasteiger partial charge in [-0.2, -0.15) is 5.26 Å². The van der Waals surface area contributed by atoms with Crippen LogP contribution in [0.25, 0.3) is 0 Å². The second-order valence-corrected chi connectivity index (χ2v) is 4.31. The molecule has 1 saturated carbocycles. The standard InChI is InChI=1S/C13H19NO/c1-11-6-8-13(15)9-7-12(11)5-3-2-4-10-14/h5,11H,2-4,6-9H2,1H3/b12-5+. The molecular formula is C13H19NO. The van der Waals surface area contributed by atoms with E-state index in [1.807, 2.05) is 0 Å². The van der Waals surface area contributed by atoms with E-state index in [2.05, 4.69) is 19.1 Å². The van der Waals surface area contributed by atoms with E-state index in [1.165, 1.54) is 5.57 Å². The molecule has 2 heteroatoms. The first-order valence-corrected chi connectivity index (χ1v) is 5.81. The van der Waals surface area contributed by atoms with Crippen molar-refractivity contribution in [3.63, 3.8) is 0 Å². The molecule has 0 N–H and O–H groups in total. The summed E-state index contributed by atoms with van der Waals surface area (Å²) in [6.07, 6.45) is 8.22. The molecule has 0 saturated heterocycles. The Kier molecular flexibility index (Phi) is 5.10. The topological polar surface area (TPSA) is 40.9 Å². The van der Waals surface area contributed by atoms with E-state index in [-0.39, 0.29) is 0 Å². The number of unbranched alkanes of at least 4 members (excludes halogenated alkanes) is 2. The molecule has 1 aliphatic rings. The van der Waals surface area contributed by atoms with Crippen LogP contribution in [-0.2, 0) is 4.79 Å². The maximum Gasteiger partial charge on any atom is 0.133 e. The minimum atomic E-state index is 0.405. The monoisotopic (exact) mass is 205 g/mol. The van der Waals surface area contributed by atoms with Gasteiger partial charge in [0.2, 0.25) is 0 Å². The second-order valence-electron chi connectivity index (χ2n) is 4.31. The summed E-state index contributed by atoms with van der Waals surface area (Å²) < 4.78 is 0. The van der Waals surface area contributed by atoms with Crippen LogP contribution in [0.1, 0.15) is 51.9 Å². The zero-order valence-electron chi connectivity index (χ0n) is 9.46. The number of hydrogen-bond donors (Lipinski definition) is 0. The molecule has 82 valence electrons. The predicted molar refractivity (Wildman–Crippen MR) is 60.2 cm³/mol. The number of nitrogens with zero attached hydrogens (tertiary/aromatic N) is 1. The van der Waals surface area contributed by atoms with Gasteiger partial charge in [0.1, 0.15) is 5.78 Å². The lowest BCUT2D eigenvalue weighted by Gasteiger charge is -2.11. The molecule has 0 aromatic rings. The quantitative estimate of drug-likeness (QED) is 0.402. The minimum Gasteiger partial charge on any atom is -0.300 e. The molecule has 0 radical (unpaired) electrons. The first-order chi connectivity index (χ1) is 7.24. The van der Waals surface area contributed by atoms with Gasteiger partial charge in [-0.1, -0.05) is 18.6 Å². The molecule has 0 aromatic heterocycles. The number of nitriles is 1. The Labute approximate surface area is 92.0 Å². The summed E-state index contributed by atoms with van der Waals surface area (Å²) in [5.74, 6) is 0.959. The molecule has 2 nitrogen and oxygen atoms in total. The van der Waals surface area contributed by atoms with Gasteiger partial charge in [-0.3, -0.25) is 4.79 Å². The van der Waals surface area contributed by atoms with Crippen LogP contribution in [0.2, 0.25) is 0 Å². The fraction of sp³-hybridized carbons (Fsp3) is 0.692. The van der Waals surface area contributed by atoms with Gasteiger partial charge in [0, 0.05) is 19.3 Å². The van der Waals surface area contributed by atoms with E-state index in [1.54, 1.807) is 0 Å². The number of ketones is 1. The van der Waals surface area contributed by atoms with E-state index >= 15 is 0 Å². The van der Waals surface area contributed by atoms with Crippen molar-refractivity contribution in [3.8, 4) is 6.07 Å². The SMILES string of the molecule is CC1CCC(=O)CC/C1=C\CCCC#N. The predicted octanol–water partition coefficient (Wildman–Crippen LogP) is 3.39. The summed E-state index contributed by atoms with van der Waals surface area (Å²) in [6.45, 7) is 2.20. The first kappa shape index (κ1) is 12.0. The molecule has 0 bridgehead atoms. The van der Waals surface area contributed by atoms with Crippen LogP contribution in [0.3, 0.4) is 0 Å². The van der Waals surface area contributed by atoms with Gasteiger partial charge >= 0.3 is 0 Å². The van der Waals surface area contributed by atoms with Crippen LogP contribution < -0.4 is 0 Å². The smallest absolute Gasteiger partial charge is 0.133 e. The molecule has 0 amide bonds. The van der Waals surface area contributed by atoms with Crippen LogP contribution in [-0.4, -0.2) is 5.78 Å². The van der Waals surface area contributed by atoms with Crippen molar-refractivity contribution < 1.29 is 4.79 Å². The van der Waals surface area contributed by atoms with Crippen molar-refractivity contribution in [2.24, 2.45) is 5.92 Å². The molecule has 0 aromatic carbocycles. The van der Waals surface area contributed by atoms with Crippen LogP contribution in [0.5, 0.6) is 0 Å². The lowest BCUT2D eigenvalue weighted by atomic mass is 9.95. The van der Waals surface area contributed by atoms with Crippen molar-refractivity contribution in [3.05, 3.63) is 11.6 Å². The van der Waals surface area contributed by atoms with Gasteiger partial charge in [-0.15, -0.1) is 0 Å². The first-order valence-electron chi connectivity index (χ1n) is 5.81. The zero-order chi connectivity index (χ0) is 11.1.